The van der Waals surface area contributed by atoms with Crippen molar-refractivity contribution in [3.05, 3.63) is 0 Å². The molecule has 1 aliphatic heterocycles. The molecule has 0 aromatic carbocycles. The van der Waals surface area contributed by atoms with Gasteiger partial charge in [-0.15, -0.1) is 0 Å². The molecule has 5 aliphatic carbocycles. The molecule has 6 heteroatoms. The molecule has 6 nitrogen and oxygen atoms in total. The summed E-state index contributed by atoms with van der Waals surface area (Å²) in [5, 5.41) is 6.20. The number of imide groups is 1. The van der Waals surface area contributed by atoms with Gasteiger partial charge in [-0.05, 0) is 87.9 Å². The molecule has 1 spiro atoms. The normalized spacial score (nSPS) is 38.0. The predicted octanol–water partition coefficient (Wildman–Crippen LogP) is 3.35. The maximum atomic E-state index is 12.7. The summed E-state index contributed by atoms with van der Waals surface area (Å²) in [5.74, 6) is 2.62. The van der Waals surface area contributed by atoms with Crippen LogP contribution in [0.25, 0.3) is 0 Å². The minimum atomic E-state index is -0.646. The molecule has 2 N–H and O–H groups in total. The summed E-state index contributed by atoms with van der Waals surface area (Å²) in [6, 6.07) is -0.0545. The summed E-state index contributed by atoms with van der Waals surface area (Å²) in [4.78, 5) is 38.9. The lowest BCUT2D eigenvalue weighted by molar-refractivity contribution is -0.131. The molecule has 1 heterocycles. The first-order valence-corrected chi connectivity index (χ1v) is 11.8. The summed E-state index contributed by atoms with van der Waals surface area (Å²) in [7, 11) is 0. The summed E-state index contributed by atoms with van der Waals surface area (Å²) < 4.78 is 0. The van der Waals surface area contributed by atoms with Gasteiger partial charge in [0.2, 0.25) is 5.91 Å². The van der Waals surface area contributed by atoms with Crippen molar-refractivity contribution in [2.45, 2.75) is 95.6 Å². The fourth-order valence-electron chi connectivity index (χ4n) is 7.77. The van der Waals surface area contributed by atoms with Crippen molar-refractivity contribution in [2.24, 2.45) is 23.2 Å². The minimum Gasteiger partial charge on any atom is -0.353 e. The molecule has 6 fully saturated rings. The Morgan fingerprint density at radius 1 is 1.10 bits per heavy atom. The second kappa shape index (κ2) is 6.98. The van der Waals surface area contributed by atoms with Crippen LogP contribution in [0.4, 0.5) is 4.79 Å². The number of carbonyl (C=O) groups is 3. The third-order valence-corrected chi connectivity index (χ3v) is 8.87. The zero-order valence-electron chi connectivity index (χ0n) is 17.7. The highest BCUT2D eigenvalue weighted by atomic mass is 16.2. The highest BCUT2D eigenvalue weighted by Crippen LogP contribution is 2.61. The Bertz CT molecular complexity index is 677. The van der Waals surface area contributed by atoms with E-state index in [0.717, 1.165) is 43.4 Å². The molecule has 4 bridgehead atoms. The molecule has 5 saturated carbocycles. The number of carbonyl (C=O) groups excluding carboxylic acids is 3. The van der Waals surface area contributed by atoms with E-state index in [9.17, 15) is 14.4 Å². The van der Waals surface area contributed by atoms with Crippen LogP contribution in [0.3, 0.4) is 0 Å². The Morgan fingerprint density at radius 2 is 1.69 bits per heavy atom. The van der Waals surface area contributed by atoms with E-state index >= 15 is 0 Å². The van der Waals surface area contributed by atoms with E-state index in [1.807, 2.05) is 0 Å². The maximum Gasteiger partial charge on any atom is 0.325 e. The SMILES string of the molecule is CC(NC(=O)CCCN1C(=O)NC2(CCCC2)C1=O)C12CC3CC(CC(C3)C1)C2. The third-order valence-electron chi connectivity index (χ3n) is 8.87. The van der Waals surface area contributed by atoms with Gasteiger partial charge in [0.05, 0.1) is 0 Å². The van der Waals surface area contributed by atoms with Crippen LogP contribution in [0.15, 0.2) is 0 Å². The van der Waals surface area contributed by atoms with Crippen molar-refractivity contribution in [3.63, 3.8) is 0 Å². The van der Waals surface area contributed by atoms with Crippen LogP contribution in [0, 0.1) is 23.2 Å². The molecule has 0 aromatic rings. The van der Waals surface area contributed by atoms with Crippen LogP contribution in [-0.2, 0) is 9.59 Å². The first-order valence-electron chi connectivity index (χ1n) is 11.8. The van der Waals surface area contributed by atoms with Gasteiger partial charge in [0.1, 0.15) is 5.54 Å². The van der Waals surface area contributed by atoms with Gasteiger partial charge >= 0.3 is 6.03 Å². The van der Waals surface area contributed by atoms with Crippen molar-refractivity contribution in [2.75, 3.05) is 6.54 Å². The number of hydrogen-bond acceptors (Lipinski definition) is 3. The average molecular weight is 402 g/mol. The van der Waals surface area contributed by atoms with Crippen LogP contribution in [0.5, 0.6) is 0 Å². The molecule has 4 amide bonds. The topological polar surface area (TPSA) is 78.5 Å². The smallest absolute Gasteiger partial charge is 0.325 e. The Balaban J connectivity index is 1.11. The van der Waals surface area contributed by atoms with Gasteiger partial charge in [0.15, 0.2) is 0 Å². The van der Waals surface area contributed by atoms with Gasteiger partial charge in [0, 0.05) is 19.0 Å². The molecule has 0 radical (unpaired) electrons. The second-order valence-electron chi connectivity index (χ2n) is 10.8. The molecule has 1 unspecified atom stereocenters. The lowest BCUT2D eigenvalue weighted by atomic mass is 9.48. The van der Waals surface area contributed by atoms with Crippen LogP contribution < -0.4 is 10.6 Å². The fourth-order valence-corrected chi connectivity index (χ4v) is 7.77. The van der Waals surface area contributed by atoms with Crippen LogP contribution in [0.2, 0.25) is 0 Å². The number of rotatable bonds is 6. The molecule has 160 valence electrons. The lowest BCUT2D eigenvalue weighted by Gasteiger charge is -2.59. The van der Waals surface area contributed by atoms with Crippen LogP contribution >= 0.6 is 0 Å². The summed E-state index contributed by atoms with van der Waals surface area (Å²) in [6.07, 6.45) is 12.5. The van der Waals surface area contributed by atoms with E-state index in [1.165, 1.54) is 43.4 Å². The Kier molecular flexibility index (Phi) is 4.67. The summed E-state index contributed by atoms with van der Waals surface area (Å²) in [5.41, 5.74) is -0.337. The number of amides is 4. The number of nitrogens with zero attached hydrogens (tertiary/aromatic N) is 1. The second-order valence-corrected chi connectivity index (χ2v) is 10.8. The van der Waals surface area contributed by atoms with E-state index in [2.05, 4.69) is 17.6 Å². The first-order chi connectivity index (χ1) is 13.9. The monoisotopic (exact) mass is 401 g/mol. The summed E-state index contributed by atoms with van der Waals surface area (Å²) >= 11 is 0. The van der Waals surface area contributed by atoms with E-state index in [0.29, 0.717) is 24.8 Å². The Morgan fingerprint density at radius 3 is 2.28 bits per heavy atom. The van der Waals surface area contributed by atoms with Gasteiger partial charge in [-0.1, -0.05) is 12.8 Å². The van der Waals surface area contributed by atoms with E-state index in [4.69, 9.17) is 0 Å². The number of hydrogen-bond donors (Lipinski definition) is 2. The summed E-state index contributed by atoms with van der Waals surface area (Å²) in [6.45, 7) is 2.54. The van der Waals surface area contributed by atoms with E-state index < -0.39 is 5.54 Å². The Labute approximate surface area is 173 Å². The zero-order valence-corrected chi connectivity index (χ0v) is 17.7. The van der Waals surface area contributed by atoms with Gasteiger partial charge in [-0.25, -0.2) is 4.79 Å². The van der Waals surface area contributed by atoms with Gasteiger partial charge in [-0.3, -0.25) is 14.5 Å². The largest absolute Gasteiger partial charge is 0.353 e. The van der Waals surface area contributed by atoms with Crippen molar-refractivity contribution in [1.29, 1.82) is 0 Å². The average Bonchev–Trinajstić information content (AvgIpc) is 3.21. The molecule has 1 atom stereocenters. The lowest BCUT2D eigenvalue weighted by Crippen LogP contribution is -2.55. The number of nitrogens with one attached hydrogen (secondary N) is 2. The predicted molar refractivity (Wildman–Crippen MR) is 109 cm³/mol. The minimum absolute atomic E-state index is 0.0656. The van der Waals surface area contributed by atoms with Crippen LogP contribution in [0.1, 0.15) is 84.0 Å². The molecular weight excluding hydrogens is 366 g/mol. The molecule has 6 rings (SSSR count). The highest BCUT2D eigenvalue weighted by molar-refractivity contribution is 6.07. The van der Waals surface area contributed by atoms with Gasteiger partial charge < -0.3 is 10.6 Å². The van der Waals surface area contributed by atoms with Crippen molar-refractivity contribution in [3.8, 4) is 0 Å². The molecule has 29 heavy (non-hydrogen) atoms. The van der Waals surface area contributed by atoms with E-state index in [-0.39, 0.29) is 23.9 Å². The third kappa shape index (κ3) is 3.27. The molecule has 6 aliphatic rings. The van der Waals surface area contributed by atoms with Crippen molar-refractivity contribution in [1.82, 2.24) is 15.5 Å². The maximum absolute atomic E-state index is 12.7. The number of urea groups is 1. The highest BCUT2D eigenvalue weighted by Gasteiger charge is 2.54. The van der Waals surface area contributed by atoms with Gasteiger partial charge in [0.25, 0.3) is 5.91 Å². The molecule has 0 aromatic heterocycles. The van der Waals surface area contributed by atoms with E-state index in [1.54, 1.807) is 0 Å². The van der Waals surface area contributed by atoms with Gasteiger partial charge in [-0.2, -0.15) is 0 Å². The van der Waals surface area contributed by atoms with Crippen molar-refractivity contribution >= 4 is 17.8 Å². The first kappa shape index (κ1) is 19.4. The standard InChI is InChI=1S/C23H35N3O3/c1-15(22-12-16-9-17(13-22)11-18(10-16)14-22)24-19(27)5-4-8-26-20(28)23(25-21(26)29)6-2-3-7-23/h15-18H,2-14H2,1H3,(H,24,27)(H,25,29). The fraction of sp³-hybridized carbons (Fsp3) is 0.870. The Hall–Kier alpha value is -1.59. The molecular formula is C23H35N3O3. The van der Waals surface area contributed by atoms with Crippen LogP contribution in [-0.4, -0.2) is 40.9 Å². The zero-order chi connectivity index (χ0) is 20.2. The quantitative estimate of drug-likeness (QED) is 0.670. The molecule has 1 saturated heterocycles. The van der Waals surface area contributed by atoms with Crippen molar-refractivity contribution < 1.29 is 14.4 Å².